The van der Waals surface area contributed by atoms with Crippen LogP contribution >= 0.6 is 0 Å². The number of likely N-dealkylation sites (tertiary alicyclic amines) is 1. The molecule has 1 aliphatic rings. The van der Waals surface area contributed by atoms with Gasteiger partial charge in [-0.3, -0.25) is 4.79 Å². The van der Waals surface area contributed by atoms with E-state index in [1.54, 1.807) is 22.9 Å². The second kappa shape index (κ2) is 9.01. The van der Waals surface area contributed by atoms with E-state index in [0.29, 0.717) is 23.6 Å². The molecule has 0 radical (unpaired) electrons. The predicted octanol–water partition coefficient (Wildman–Crippen LogP) is 3.89. The zero-order valence-electron chi connectivity index (χ0n) is 16.4. The Kier molecular flexibility index (Phi) is 6.00. The maximum atomic E-state index is 13.4. The van der Waals surface area contributed by atoms with Crippen LogP contribution < -0.4 is 5.32 Å². The van der Waals surface area contributed by atoms with Crippen LogP contribution in [0.5, 0.6) is 0 Å². The molecular formula is C23H25FN4O. The highest BCUT2D eigenvalue weighted by atomic mass is 19.1. The van der Waals surface area contributed by atoms with Crippen molar-refractivity contribution in [3.63, 3.8) is 0 Å². The molecule has 1 amide bonds. The average molecular weight is 392 g/mol. The molecule has 1 saturated heterocycles. The summed E-state index contributed by atoms with van der Waals surface area (Å²) >= 11 is 0. The Bertz CT molecular complexity index is 947. The molecular weight excluding hydrogens is 367 g/mol. The van der Waals surface area contributed by atoms with Crippen LogP contribution in [0.3, 0.4) is 0 Å². The average Bonchev–Trinajstić information content (AvgIpc) is 3.21. The zero-order valence-corrected chi connectivity index (χ0v) is 16.4. The van der Waals surface area contributed by atoms with Crippen LogP contribution in [0, 0.1) is 5.82 Å². The van der Waals surface area contributed by atoms with Gasteiger partial charge in [-0.05, 0) is 56.3 Å². The van der Waals surface area contributed by atoms with Crippen molar-refractivity contribution >= 4 is 5.91 Å². The highest BCUT2D eigenvalue weighted by Gasteiger charge is 2.18. The van der Waals surface area contributed by atoms with Crippen LogP contribution in [0.4, 0.5) is 4.39 Å². The lowest BCUT2D eigenvalue weighted by Crippen LogP contribution is -2.38. The number of carbonyl (C=O) groups is 1. The number of aromatic nitrogens is 2. The minimum absolute atomic E-state index is 0.180. The molecule has 6 heteroatoms. The molecule has 1 N–H and O–H groups in total. The Hall–Kier alpha value is -2.99. The molecule has 0 atom stereocenters. The molecule has 0 saturated carbocycles. The lowest BCUT2D eigenvalue weighted by molar-refractivity contribution is 0.0939. The van der Waals surface area contributed by atoms with Gasteiger partial charge in [0.05, 0.1) is 11.4 Å². The van der Waals surface area contributed by atoms with Gasteiger partial charge in [0.25, 0.3) is 5.91 Å². The largest absolute Gasteiger partial charge is 0.349 e. The van der Waals surface area contributed by atoms with Crippen LogP contribution in [0.1, 0.15) is 29.8 Å². The first-order valence-corrected chi connectivity index (χ1v) is 10.1. The Balaban J connectivity index is 1.55. The standard InChI is InChI=1S/C23H25FN4O/c24-19-9-11-20(12-10-19)28-22(17-21(26-28)18-7-3-1-4-8-18)23(29)25-13-16-27-14-5-2-6-15-27/h1,3-4,7-12,17H,2,5-6,13-16H2,(H,25,29). The molecule has 1 fully saturated rings. The minimum atomic E-state index is -0.322. The van der Waals surface area contributed by atoms with Crippen molar-refractivity contribution in [2.24, 2.45) is 0 Å². The van der Waals surface area contributed by atoms with Gasteiger partial charge in [-0.2, -0.15) is 5.10 Å². The maximum Gasteiger partial charge on any atom is 0.270 e. The summed E-state index contributed by atoms with van der Waals surface area (Å²) in [6, 6.07) is 17.5. The van der Waals surface area contributed by atoms with Crippen LogP contribution in [0.2, 0.25) is 0 Å². The van der Waals surface area contributed by atoms with Crippen molar-refractivity contribution in [3.8, 4) is 16.9 Å². The molecule has 0 bridgehead atoms. The molecule has 0 aliphatic carbocycles. The van der Waals surface area contributed by atoms with E-state index in [2.05, 4.69) is 15.3 Å². The number of benzene rings is 2. The Morgan fingerprint density at radius 3 is 2.45 bits per heavy atom. The van der Waals surface area contributed by atoms with Gasteiger partial charge >= 0.3 is 0 Å². The fourth-order valence-electron chi connectivity index (χ4n) is 3.67. The lowest BCUT2D eigenvalue weighted by Gasteiger charge is -2.26. The highest BCUT2D eigenvalue weighted by Crippen LogP contribution is 2.22. The SMILES string of the molecule is O=C(NCCN1CCCCC1)c1cc(-c2ccccc2)nn1-c1ccc(F)cc1. The first-order chi connectivity index (χ1) is 14.2. The number of rotatable bonds is 6. The van der Waals surface area contributed by atoms with Crippen molar-refractivity contribution in [1.29, 1.82) is 0 Å². The monoisotopic (exact) mass is 392 g/mol. The number of amides is 1. The predicted molar refractivity (Wildman–Crippen MR) is 112 cm³/mol. The maximum absolute atomic E-state index is 13.4. The van der Waals surface area contributed by atoms with E-state index < -0.39 is 0 Å². The van der Waals surface area contributed by atoms with Crippen molar-refractivity contribution in [1.82, 2.24) is 20.0 Å². The third kappa shape index (κ3) is 4.71. The molecule has 0 spiro atoms. The van der Waals surface area contributed by atoms with E-state index in [9.17, 15) is 9.18 Å². The van der Waals surface area contributed by atoms with Crippen molar-refractivity contribution < 1.29 is 9.18 Å². The molecule has 4 rings (SSSR count). The zero-order chi connectivity index (χ0) is 20.1. The summed E-state index contributed by atoms with van der Waals surface area (Å²) in [7, 11) is 0. The Morgan fingerprint density at radius 1 is 1.00 bits per heavy atom. The van der Waals surface area contributed by atoms with Crippen molar-refractivity contribution in [2.45, 2.75) is 19.3 Å². The van der Waals surface area contributed by atoms with Gasteiger partial charge in [0, 0.05) is 18.7 Å². The van der Waals surface area contributed by atoms with Crippen molar-refractivity contribution in [3.05, 3.63) is 72.2 Å². The molecule has 0 unspecified atom stereocenters. The van der Waals surface area contributed by atoms with Crippen LogP contribution in [-0.4, -0.2) is 46.8 Å². The number of nitrogens with zero attached hydrogens (tertiary/aromatic N) is 3. The van der Waals surface area contributed by atoms with E-state index >= 15 is 0 Å². The Morgan fingerprint density at radius 2 is 1.72 bits per heavy atom. The highest BCUT2D eigenvalue weighted by molar-refractivity contribution is 5.94. The van der Waals surface area contributed by atoms with Gasteiger partial charge < -0.3 is 10.2 Å². The Labute approximate surface area is 170 Å². The molecule has 29 heavy (non-hydrogen) atoms. The molecule has 3 aromatic rings. The van der Waals surface area contributed by atoms with E-state index in [0.717, 1.165) is 25.2 Å². The lowest BCUT2D eigenvalue weighted by atomic mass is 10.1. The normalized spacial score (nSPS) is 14.7. The minimum Gasteiger partial charge on any atom is -0.349 e. The fourth-order valence-corrected chi connectivity index (χ4v) is 3.67. The van der Waals surface area contributed by atoms with Crippen LogP contribution in [0.15, 0.2) is 60.7 Å². The van der Waals surface area contributed by atoms with Crippen molar-refractivity contribution in [2.75, 3.05) is 26.2 Å². The van der Waals surface area contributed by atoms with Crippen LogP contribution in [0.25, 0.3) is 16.9 Å². The summed E-state index contributed by atoms with van der Waals surface area (Å²) in [5.41, 5.74) is 2.72. The van der Waals surface area contributed by atoms with Gasteiger partial charge in [0.2, 0.25) is 0 Å². The summed E-state index contributed by atoms with van der Waals surface area (Å²) in [5.74, 6) is -0.502. The third-order valence-electron chi connectivity index (χ3n) is 5.25. The molecule has 5 nitrogen and oxygen atoms in total. The second-order valence-electron chi connectivity index (χ2n) is 7.33. The quantitative estimate of drug-likeness (QED) is 0.692. The third-order valence-corrected chi connectivity index (χ3v) is 5.25. The van der Waals surface area contributed by atoms with E-state index in [1.165, 1.54) is 31.4 Å². The first kappa shape index (κ1) is 19.3. The van der Waals surface area contributed by atoms with Crippen LogP contribution in [-0.2, 0) is 0 Å². The molecule has 150 valence electrons. The molecule has 1 aliphatic heterocycles. The van der Waals surface area contributed by atoms with Gasteiger partial charge in [0.15, 0.2) is 0 Å². The fraction of sp³-hybridized carbons (Fsp3) is 0.304. The molecule has 2 aromatic carbocycles. The second-order valence-corrected chi connectivity index (χ2v) is 7.33. The van der Waals surface area contributed by atoms with Gasteiger partial charge in [-0.15, -0.1) is 0 Å². The number of nitrogens with one attached hydrogen (secondary N) is 1. The number of piperidine rings is 1. The molecule has 1 aromatic heterocycles. The number of carbonyl (C=O) groups excluding carboxylic acids is 1. The van der Waals surface area contributed by atoms with E-state index in [1.807, 2.05) is 30.3 Å². The number of hydrogen-bond acceptors (Lipinski definition) is 3. The topological polar surface area (TPSA) is 50.2 Å². The van der Waals surface area contributed by atoms with Gasteiger partial charge in [-0.1, -0.05) is 36.8 Å². The number of halogens is 1. The van der Waals surface area contributed by atoms with Gasteiger partial charge in [0.1, 0.15) is 11.5 Å². The smallest absolute Gasteiger partial charge is 0.270 e. The number of hydrogen-bond donors (Lipinski definition) is 1. The summed E-state index contributed by atoms with van der Waals surface area (Å²) in [5, 5.41) is 7.64. The summed E-state index contributed by atoms with van der Waals surface area (Å²) in [6.07, 6.45) is 3.75. The van der Waals surface area contributed by atoms with E-state index in [-0.39, 0.29) is 11.7 Å². The summed E-state index contributed by atoms with van der Waals surface area (Å²) in [4.78, 5) is 15.3. The molecule has 2 heterocycles. The summed E-state index contributed by atoms with van der Waals surface area (Å²) < 4.78 is 14.9. The first-order valence-electron chi connectivity index (χ1n) is 10.1. The summed E-state index contributed by atoms with van der Waals surface area (Å²) in [6.45, 7) is 3.64. The van der Waals surface area contributed by atoms with Gasteiger partial charge in [-0.25, -0.2) is 9.07 Å². The van der Waals surface area contributed by atoms with E-state index in [4.69, 9.17) is 0 Å².